The van der Waals surface area contributed by atoms with E-state index in [1.165, 1.54) is 25.9 Å². The Morgan fingerprint density at radius 3 is 2.90 bits per heavy atom. The molecule has 0 spiro atoms. The Hall–Kier alpha value is -1.95. The van der Waals surface area contributed by atoms with Crippen LogP contribution >= 0.6 is 0 Å². The highest BCUT2D eigenvalue weighted by Crippen LogP contribution is 2.27. The van der Waals surface area contributed by atoms with Gasteiger partial charge in [-0.05, 0) is 31.8 Å². The van der Waals surface area contributed by atoms with Crippen molar-refractivity contribution in [2.45, 2.75) is 18.9 Å². The van der Waals surface area contributed by atoms with Crippen LogP contribution in [0.3, 0.4) is 0 Å². The molecular weight excluding hydrogens is 254 g/mol. The van der Waals surface area contributed by atoms with E-state index in [4.69, 9.17) is 0 Å². The van der Waals surface area contributed by atoms with Crippen LogP contribution in [-0.4, -0.2) is 50.9 Å². The maximum atomic E-state index is 12.3. The summed E-state index contributed by atoms with van der Waals surface area (Å²) < 4.78 is 1.82. The van der Waals surface area contributed by atoms with E-state index in [0.29, 0.717) is 11.6 Å². The number of piperidine rings is 3. The molecule has 6 heteroatoms. The highest BCUT2D eigenvalue weighted by Gasteiger charge is 2.35. The molecule has 3 aliphatic heterocycles. The zero-order valence-electron chi connectivity index (χ0n) is 11.2. The van der Waals surface area contributed by atoms with Gasteiger partial charge in [-0.1, -0.05) is 0 Å². The highest BCUT2D eigenvalue weighted by atomic mass is 16.2. The van der Waals surface area contributed by atoms with Crippen LogP contribution in [0.5, 0.6) is 0 Å². The van der Waals surface area contributed by atoms with Gasteiger partial charge in [-0.3, -0.25) is 4.79 Å². The van der Waals surface area contributed by atoms with Gasteiger partial charge in [0.25, 0.3) is 5.91 Å². The fraction of sp³-hybridized carbons (Fsp3) is 0.500. The van der Waals surface area contributed by atoms with E-state index < -0.39 is 0 Å². The van der Waals surface area contributed by atoms with Crippen molar-refractivity contribution in [3.63, 3.8) is 0 Å². The van der Waals surface area contributed by atoms with Crippen molar-refractivity contribution >= 4 is 11.4 Å². The van der Waals surface area contributed by atoms with Crippen LogP contribution in [-0.2, 0) is 0 Å². The second kappa shape index (κ2) is 4.56. The summed E-state index contributed by atoms with van der Waals surface area (Å²) in [6.07, 6.45) is 9.21. The lowest BCUT2D eigenvalue weighted by Crippen LogP contribution is -2.57. The number of nitrogens with one attached hydrogen (secondary N) is 1. The molecule has 3 aliphatic rings. The fourth-order valence-corrected chi connectivity index (χ4v) is 3.31. The molecule has 6 nitrogen and oxygen atoms in total. The topological polar surface area (TPSA) is 62.5 Å². The Labute approximate surface area is 116 Å². The van der Waals surface area contributed by atoms with Gasteiger partial charge in [0, 0.05) is 18.8 Å². The molecular formula is C14H17N5O. The van der Waals surface area contributed by atoms with Crippen LogP contribution in [0, 0.1) is 5.92 Å². The molecule has 20 heavy (non-hydrogen) atoms. The first-order chi connectivity index (χ1) is 9.79. The third-order valence-corrected chi connectivity index (χ3v) is 4.50. The van der Waals surface area contributed by atoms with Crippen LogP contribution < -0.4 is 5.32 Å². The van der Waals surface area contributed by atoms with E-state index in [2.05, 4.69) is 20.2 Å². The van der Waals surface area contributed by atoms with E-state index in [9.17, 15) is 4.79 Å². The predicted molar refractivity (Wildman–Crippen MR) is 73.4 cm³/mol. The van der Waals surface area contributed by atoms with E-state index in [0.717, 1.165) is 12.1 Å². The van der Waals surface area contributed by atoms with Crippen LogP contribution in [0.15, 0.2) is 24.9 Å². The van der Waals surface area contributed by atoms with E-state index in [-0.39, 0.29) is 11.9 Å². The summed E-state index contributed by atoms with van der Waals surface area (Å²) in [5.74, 6) is 0.542. The maximum absolute atomic E-state index is 12.3. The van der Waals surface area contributed by atoms with Gasteiger partial charge in [0.1, 0.15) is 5.69 Å². The van der Waals surface area contributed by atoms with Crippen molar-refractivity contribution in [3.8, 4) is 0 Å². The normalized spacial score (nSPS) is 28.7. The minimum absolute atomic E-state index is 0.0839. The first-order valence-electron chi connectivity index (χ1n) is 7.10. The lowest BCUT2D eigenvalue weighted by Gasteiger charge is -2.44. The summed E-state index contributed by atoms with van der Waals surface area (Å²) in [5.41, 5.74) is 1.34. The molecule has 3 saturated heterocycles. The Morgan fingerprint density at radius 1 is 1.30 bits per heavy atom. The molecule has 5 rings (SSSR count). The van der Waals surface area contributed by atoms with Gasteiger partial charge in [-0.15, -0.1) is 0 Å². The van der Waals surface area contributed by atoms with Crippen molar-refractivity contribution in [1.29, 1.82) is 0 Å². The highest BCUT2D eigenvalue weighted by molar-refractivity contribution is 5.92. The Kier molecular flexibility index (Phi) is 2.70. The summed E-state index contributed by atoms with van der Waals surface area (Å²) in [6.45, 7) is 3.33. The van der Waals surface area contributed by atoms with Gasteiger partial charge in [0.2, 0.25) is 0 Å². The van der Waals surface area contributed by atoms with Crippen LogP contribution in [0.25, 0.3) is 5.52 Å². The summed E-state index contributed by atoms with van der Waals surface area (Å²) in [4.78, 5) is 23.0. The van der Waals surface area contributed by atoms with Gasteiger partial charge in [-0.2, -0.15) is 0 Å². The molecule has 0 saturated carbocycles. The Morgan fingerprint density at radius 2 is 2.15 bits per heavy atom. The molecule has 104 valence electrons. The second-order valence-electron chi connectivity index (χ2n) is 5.72. The molecule has 1 atom stereocenters. The van der Waals surface area contributed by atoms with Gasteiger partial charge in [0.15, 0.2) is 0 Å². The first-order valence-corrected chi connectivity index (χ1v) is 7.10. The number of carbonyl (C=O) groups is 1. The molecule has 0 radical (unpaired) electrons. The summed E-state index contributed by atoms with van der Waals surface area (Å²) in [7, 11) is 0. The molecule has 0 aliphatic carbocycles. The van der Waals surface area contributed by atoms with Crippen LogP contribution in [0.2, 0.25) is 0 Å². The lowest BCUT2D eigenvalue weighted by atomic mass is 9.84. The van der Waals surface area contributed by atoms with E-state index >= 15 is 0 Å². The Bertz CT molecular complexity index is 644. The maximum Gasteiger partial charge on any atom is 0.271 e. The Balaban J connectivity index is 1.52. The quantitative estimate of drug-likeness (QED) is 0.866. The SMILES string of the molecule is O=C(N[C@H]1CN2CCC1CC2)c1cn2cncc2cn1. The minimum atomic E-state index is -0.0839. The predicted octanol–water partition coefficient (Wildman–Crippen LogP) is 0.553. The molecule has 1 amide bonds. The number of rotatable bonds is 2. The van der Waals surface area contributed by atoms with Crippen molar-refractivity contribution in [3.05, 3.63) is 30.6 Å². The third-order valence-electron chi connectivity index (χ3n) is 4.50. The summed E-state index contributed by atoms with van der Waals surface area (Å²) in [6, 6.07) is 0.269. The van der Waals surface area contributed by atoms with Crippen LogP contribution in [0.4, 0.5) is 0 Å². The molecule has 3 fully saturated rings. The number of amides is 1. The first kappa shape index (κ1) is 11.8. The molecule has 0 unspecified atom stereocenters. The summed E-state index contributed by atoms with van der Waals surface area (Å²) in [5, 5.41) is 3.15. The van der Waals surface area contributed by atoms with Gasteiger partial charge in [0.05, 0.1) is 24.2 Å². The fourth-order valence-electron chi connectivity index (χ4n) is 3.31. The van der Waals surface area contributed by atoms with Crippen LogP contribution in [0.1, 0.15) is 23.3 Å². The number of carbonyl (C=O) groups excluding carboxylic acids is 1. The molecule has 5 heterocycles. The minimum Gasteiger partial charge on any atom is -0.346 e. The number of fused-ring (bicyclic) bond motifs is 4. The van der Waals surface area contributed by atoms with Crippen molar-refractivity contribution in [2.75, 3.05) is 19.6 Å². The largest absolute Gasteiger partial charge is 0.346 e. The third kappa shape index (κ3) is 1.96. The molecule has 1 N–H and O–H groups in total. The average Bonchev–Trinajstić information content (AvgIpc) is 2.96. The average molecular weight is 271 g/mol. The number of hydrogen-bond acceptors (Lipinski definition) is 4. The second-order valence-corrected chi connectivity index (χ2v) is 5.72. The van der Waals surface area contributed by atoms with Gasteiger partial charge >= 0.3 is 0 Å². The van der Waals surface area contributed by atoms with Crippen molar-refractivity contribution in [2.24, 2.45) is 5.92 Å². The number of imidazole rings is 1. The number of hydrogen-bond donors (Lipinski definition) is 1. The monoisotopic (exact) mass is 271 g/mol. The lowest BCUT2D eigenvalue weighted by molar-refractivity contribution is 0.0617. The molecule has 2 bridgehead atoms. The van der Waals surface area contributed by atoms with Crippen molar-refractivity contribution < 1.29 is 4.79 Å². The zero-order valence-corrected chi connectivity index (χ0v) is 11.2. The van der Waals surface area contributed by atoms with E-state index in [1.54, 1.807) is 24.9 Å². The number of nitrogens with zero attached hydrogens (tertiary/aromatic N) is 4. The van der Waals surface area contributed by atoms with Gasteiger partial charge < -0.3 is 14.6 Å². The molecule has 2 aromatic heterocycles. The smallest absolute Gasteiger partial charge is 0.271 e. The van der Waals surface area contributed by atoms with E-state index in [1.807, 2.05) is 4.40 Å². The standard InChI is InChI=1S/C14H17N5O/c20-14(13-8-19-9-15-5-11(19)6-16-13)17-12-7-18-3-1-10(12)2-4-18/h5-6,8-10,12H,1-4,7H2,(H,17,20)/t12-/m0/s1. The molecule has 2 aromatic rings. The number of aromatic nitrogens is 3. The van der Waals surface area contributed by atoms with Crippen molar-refractivity contribution in [1.82, 2.24) is 24.6 Å². The zero-order chi connectivity index (χ0) is 13.5. The van der Waals surface area contributed by atoms with Gasteiger partial charge in [-0.25, -0.2) is 9.97 Å². The molecule has 0 aromatic carbocycles. The summed E-state index contributed by atoms with van der Waals surface area (Å²) >= 11 is 0.